The zero-order chi connectivity index (χ0) is 17.6. The molecule has 0 spiro atoms. The van der Waals surface area contributed by atoms with Crippen LogP contribution < -0.4 is 10.1 Å². The van der Waals surface area contributed by atoms with Gasteiger partial charge in [-0.2, -0.15) is 0 Å². The third-order valence-corrected chi connectivity index (χ3v) is 5.58. The van der Waals surface area contributed by atoms with Crippen LogP contribution >= 0.6 is 0 Å². The van der Waals surface area contributed by atoms with Gasteiger partial charge in [-0.1, -0.05) is 24.6 Å². The van der Waals surface area contributed by atoms with Crippen molar-refractivity contribution in [3.8, 4) is 5.75 Å². The summed E-state index contributed by atoms with van der Waals surface area (Å²) >= 11 is 0. The average Bonchev–Trinajstić information content (AvgIpc) is 2.60. The number of nitrogens with zero attached hydrogens (tertiary/aromatic N) is 2. The predicted molar refractivity (Wildman–Crippen MR) is 99.7 cm³/mol. The van der Waals surface area contributed by atoms with Crippen LogP contribution in [0.1, 0.15) is 38.2 Å². The monoisotopic (exact) mass is 345 g/mol. The molecule has 0 aromatic heterocycles. The number of carbonyl (C=O) groups is 1. The molecule has 0 bridgehead atoms. The topological polar surface area (TPSA) is 44.8 Å². The third kappa shape index (κ3) is 4.73. The number of hydrogen-bond acceptors (Lipinski definition) is 4. The Kier molecular flexibility index (Phi) is 6.32. The average molecular weight is 345 g/mol. The Labute approximate surface area is 151 Å². The van der Waals surface area contributed by atoms with Gasteiger partial charge < -0.3 is 10.1 Å². The minimum absolute atomic E-state index is 0.112. The second-order valence-electron chi connectivity index (χ2n) is 7.33. The second-order valence-corrected chi connectivity index (χ2v) is 7.33. The predicted octanol–water partition coefficient (Wildman–Crippen LogP) is 2.26. The molecule has 2 aliphatic heterocycles. The van der Waals surface area contributed by atoms with E-state index in [0.29, 0.717) is 19.0 Å². The highest BCUT2D eigenvalue weighted by atomic mass is 16.5. The van der Waals surface area contributed by atoms with Gasteiger partial charge >= 0.3 is 0 Å². The smallest absolute Gasteiger partial charge is 0.221 e. The highest BCUT2D eigenvalue weighted by Crippen LogP contribution is 2.24. The SMILES string of the molecule is COc1ccccc1CNC(=O)CCN1CC(N2CCCCC2C)C1. The lowest BCUT2D eigenvalue weighted by Crippen LogP contribution is -2.62. The molecule has 1 N–H and O–H groups in total. The van der Waals surface area contributed by atoms with E-state index in [0.717, 1.165) is 37.0 Å². The fourth-order valence-electron chi connectivity index (χ4n) is 3.99. The molecule has 1 unspecified atom stereocenters. The summed E-state index contributed by atoms with van der Waals surface area (Å²) in [7, 11) is 1.66. The summed E-state index contributed by atoms with van der Waals surface area (Å²) in [5, 5.41) is 3.00. The minimum atomic E-state index is 0.112. The lowest BCUT2D eigenvalue weighted by Gasteiger charge is -2.49. The lowest BCUT2D eigenvalue weighted by atomic mass is 9.97. The maximum absolute atomic E-state index is 12.1. The number of likely N-dealkylation sites (tertiary alicyclic amines) is 2. The Morgan fingerprint density at radius 1 is 1.28 bits per heavy atom. The van der Waals surface area contributed by atoms with E-state index < -0.39 is 0 Å². The lowest BCUT2D eigenvalue weighted by molar-refractivity contribution is -0.122. The van der Waals surface area contributed by atoms with E-state index in [1.807, 2.05) is 24.3 Å². The number of ether oxygens (including phenoxy) is 1. The van der Waals surface area contributed by atoms with Crippen molar-refractivity contribution in [2.24, 2.45) is 0 Å². The molecule has 5 heteroatoms. The highest BCUT2D eigenvalue weighted by molar-refractivity contribution is 5.76. The molecular formula is C20H31N3O2. The quantitative estimate of drug-likeness (QED) is 0.823. The van der Waals surface area contributed by atoms with E-state index >= 15 is 0 Å². The van der Waals surface area contributed by atoms with Crippen LogP contribution in [0.15, 0.2) is 24.3 Å². The van der Waals surface area contributed by atoms with Crippen molar-refractivity contribution in [1.82, 2.24) is 15.1 Å². The molecular weight excluding hydrogens is 314 g/mol. The van der Waals surface area contributed by atoms with Gasteiger partial charge in [0.15, 0.2) is 0 Å². The first-order valence-electron chi connectivity index (χ1n) is 9.54. The molecule has 2 fully saturated rings. The number of carbonyl (C=O) groups excluding carboxylic acids is 1. The van der Waals surface area contributed by atoms with Crippen LogP contribution in [-0.4, -0.2) is 61.1 Å². The summed E-state index contributed by atoms with van der Waals surface area (Å²) in [6.07, 6.45) is 4.62. The standard InChI is InChI=1S/C20H31N3O2/c1-16-7-5-6-11-23(16)18-14-22(15-18)12-10-20(24)21-13-17-8-3-4-9-19(17)25-2/h3-4,8-9,16,18H,5-7,10-15H2,1-2H3,(H,21,24). The normalized spacial score (nSPS) is 22.4. The van der Waals surface area contributed by atoms with Gasteiger partial charge in [-0.3, -0.25) is 14.6 Å². The molecule has 3 rings (SSSR count). The number of amides is 1. The van der Waals surface area contributed by atoms with Crippen LogP contribution in [0.25, 0.3) is 0 Å². The fraction of sp³-hybridized carbons (Fsp3) is 0.650. The van der Waals surface area contributed by atoms with Crippen molar-refractivity contribution >= 4 is 5.91 Å². The van der Waals surface area contributed by atoms with E-state index in [4.69, 9.17) is 4.74 Å². The second kappa shape index (κ2) is 8.68. The van der Waals surface area contributed by atoms with Crippen LogP contribution in [-0.2, 0) is 11.3 Å². The van der Waals surface area contributed by atoms with Crippen LogP contribution in [0.3, 0.4) is 0 Å². The first kappa shape index (κ1) is 18.2. The van der Waals surface area contributed by atoms with Gasteiger partial charge in [0.2, 0.25) is 5.91 Å². The molecule has 1 aromatic rings. The van der Waals surface area contributed by atoms with E-state index in [-0.39, 0.29) is 5.91 Å². The number of hydrogen-bond donors (Lipinski definition) is 1. The Morgan fingerprint density at radius 3 is 2.84 bits per heavy atom. The van der Waals surface area contributed by atoms with Gasteiger partial charge in [-0.25, -0.2) is 0 Å². The molecule has 2 saturated heterocycles. The number of rotatable bonds is 7. The summed E-state index contributed by atoms with van der Waals surface area (Å²) in [5.41, 5.74) is 1.02. The van der Waals surface area contributed by atoms with Gasteiger partial charge in [0.05, 0.1) is 7.11 Å². The highest BCUT2D eigenvalue weighted by Gasteiger charge is 2.34. The zero-order valence-corrected chi connectivity index (χ0v) is 15.5. The molecule has 25 heavy (non-hydrogen) atoms. The van der Waals surface area contributed by atoms with Crippen molar-refractivity contribution in [3.63, 3.8) is 0 Å². The largest absolute Gasteiger partial charge is 0.496 e. The third-order valence-electron chi connectivity index (χ3n) is 5.58. The molecule has 1 aromatic carbocycles. The minimum Gasteiger partial charge on any atom is -0.496 e. The molecule has 1 atom stereocenters. The molecule has 2 aliphatic rings. The van der Waals surface area contributed by atoms with Gasteiger partial charge in [0, 0.05) is 50.2 Å². The van der Waals surface area contributed by atoms with Crippen molar-refractivity contribution in [2.75, 3.05) is 33.3 Å². The fourth-order valence-corrected chi connectivity index (χ4v) is 3.99. The van der Waals surface area contributed by atoms with Gasteiger partial charge in [0.1, 0.15) is 5.75 Å². The van der Waals surface area contributed by atoms with Crippen molar-refractivity contribution < 1.29 is 9.53 Å². The van der Waals surface area contributed by atoms with E-state index in [1.54, 1.807) is 7.11 Å². The van der Waals surface area contributed by atoms with Crippen LogP contribution in [0, 0.1) is 0 Å². The Balaban J connectivity index is 1.34. The van der Waals surface area contributed by atoms with E-state index in [2.05, 4.69) is 22.0 Å². The number of methoxy groups -OCH3 is 1. The van der Waals surface area contributed by atoms with Crippen LogP contribution in [0.4, 0.5) is 0 Å². The Hall–Kier alpha value is -1.59. The van der Waals surface area contributed by atoms with Crippen LogP contribution in [0.2, 0.25) is 0 Å². The molecule has 5 nitrogen and oxygen atoms in total. The first-order chi connectivity index (χ1) is 12.2. The van der Waals surface area contributed by atoms with Crippen molar-refractivity contribution in [3.05, 3.63) is 29.8 Å². The molecule has 1 amide bonds. The molecule has 0 aliphatic carbocycles. The number of para-hydroxylation sites is 1. The van der Waals surface area contributed by atoms with E-state index in [9.17, 15) is 4.79 Å². The number of nitrogens with one attached hydrogen (secondary N) is 1. The summed E-state index contributed by atoms with van der Waals surface area (Å²) in [5.74, 6) is 0.935. The van der Waals surface area contributed by atoms with Gasteiger partial charge in [-0.15, -0.1) is 0 Å². The van der Waals surface area contributed by atoms with Gasteiger partial charge in [-0.05, 0) is 32.4 Å². The van der Waals surface area contributed by atoms with Crippen LogP contribution in [0.5, 0.6) is 5.75 Å². The maximum atomic E-state index is 12.1. The first-order valence-corrected chi connectivity index (χ1v) is 9.54. The summed E-state index contributed by atoms with van der Waals surface area (Å²) < 4.78 is 5.32. The maximum Gasteiger partial charge on any atom is 0.221 e. The number of piperidine rings is 1. The number of benzene rings is 1. The molecule has 138 valence electrons. The molecule has 0 saturated carbocycles. The summed E-state index contributed by atoms with van der Waals surface area (Å²) in [6.45, 7) is 7.22. The summed E-state index contributed by atoms with van der Waals surface area (Å²) in [4.78, 5) is 17.2. The van der Waals surface area contributed by atoms with Crippen molar-refractivity contribution in [1.29, 1.82) is 0 Å². The molecule has 2 heterocycles. The van der Waals surface area contributed by atoms with E-state index in [1.165, 1.54) is 25.8 Å². The summed E-state index contributed by atoms with van der Waals surface area (Å²) in [6, 6.07) is 9.23. The Morgan fingerprint density at radius 2 is 2.08 bits per heavy atom. The molecule has 0 radical (unpaired) electrons. The van der Waals surface area contributed by atoms with Crippen molar-refractivity contribution in [2.45, 2.75) is 51.2 Å². The Bertz CT molecular complexity index is 572. The zero-order valence-electron chi connectivity index (χ0n) is 15.5. The van der Waals surface area contributed by atoms with Gasteiger partial charge in [0.25, 0.3) is 0 Å².